The van der Waals surface area contributed by atoms with E-state index in [1.54, 1.807) is 11.3 Å². The second-order valence-electron chi connectivity index (χ2n) is 3.78. The van der Waals surface area contributed by atoms with Crippen LogP contribution in [0.25, 0.3) is 5.13 Å². The molecule has 0 aliphatic carbocycles. The van der Waals surface area contributed by atoms with Crippen molar-refractivity contribution in [1.82, 2.24) is 20.1 Å². The zero-order chi connectivity index (χ0) is 10.4. The lowest BCUT2D eigenvalue weighted by Crippen LogP contribution is -2.07. The molecule has 0 aromatic carbocycles. The van der Waals surface area contributed by atoms with Crippen molar-refractivity contribution in [2.75, 3.05) is 0 Å². The molecule has 1 N–H and O–H groups in total. The average molecular weight is 220 g/mol. The predicted octanol–water partition coefficient (Wildman–Crippen LogP) is 1.55. The summed E-state index contributed by atoms with van der Waals surface area (Å²) in [5, 5.41) is 8.85. The molecule has 0 fully saturated rings. The molecule has 1 aliphatic rings. The van der Waals surface area contributed by atoms with Crippen LogP contribution in [0.4, 0.5) is 0 Å². The molecule has 0 saturated carbocycles. The van der Waals surface area contributed by atoms with E-state index in [1.807, 2.05) is 10.9 Å². The third kappa shape index (κ3) is 1.31. The third-order valence-corrected chi connectivity index (χ3v) is 3.60. The van der Waals surface area contributed by atoms with Gasteiger partial charge in [0.25, 0.3) is 0 Å². The Morgan fingerprint density at radius 1 is 1.40 bits per heavy atom. The van der Waals surface area contributed by atoms with Crippen LogP contribution in [0.3, 0.4) is 0 Å². The van der Waals surface area contributed by atoms with Gasteiger partial charge in [-0.2, -0.15) is 5.10 Å². The molecule has 2 aromatic heterocycles. The van der Waals surface area contributed by atoms with Gasteiger partial charge in [0.15, 0.2) is 0 Å². The second-order valence-corrected chi connectivity index (χ2v) is 4.99. The van der Waals surface area contributed by atoms with Crippen molar-refractivity contribution < 1.29 is 0 Å². The summed E-state index contributed by atoms with van der Waals surface area (Å²) in [6, 6.07) is 0. The van der Waals surface area contributed by atoms with E-state index in [1.165, 1.54) is 21.8 Å². The number of hydrogen-bond acceptors (Lipinski definition) is 4. The van der Waals surface area contributed by atoms with E-state index in [0.29, 0.717) is 0 Å². The first-order valence-corrected chi connectivity index (χ1v) is 5.78. The normalized spacial score (nSPS) is 14.5. The van der Waals surface area contributed by atoms with E-state index in [0.717, 1.165) is 18.2 Å². The Hall–Kier alpha value is -1.20. The summed E-state index contributed by atoms with van der Waals surface area (Å²) in [5.41, 5.74) is 3.72. The van der Waals surface area contributed by atoms with Crippen molar-refractivity contribution in [3.8, 4) is 5.13 Å². The molecule has 4 nitrogen and oxygen atoms in total. The van der Waals surface area contributed by atoms with Crippen molar-refractivity contribution in [2.45, 2.75) is 26.9 Å². The summed E-state index contributed by atoms with van der Waals surface area (Å²) in [6.45, 7) is 5.99. The Bertz CT molecular complexity index is 511. The molecule has 0 atom stereocenters. The van der Waals surface area contributed by atoms with E-state index in [4.69, 9.17) is 0 Å². The van der Waals surface area contributed by atoms with E-state index >= 15 is 0 Å². The number of rotatable bonds is 1. The molecule has 5 heteroatoms. The Morgan fingerprint density at radius 3 is 2.93 bits per heavy atom. The van der Waals surface area contributed by atoms with Crippen LogP contribution in [0, 0.1) is 13.8 Å². The summed E-state index contributed by atoms with van der Waals surface area (Å²) in [5.74, 6) is 0. The van der Waals surface area contributed by atoms with Crippen LogP contribution in [-0.4, -0.2) is 14.8 Å². The highest BCUT2D eigenvalue weighted by Crippen LogP contribution is 2.23. The molecule has 0 spiro atoms. The molecule has 2 aromatic rings. The monoisotopic (exact) mass is 220 g/mol. The van der Waals surface area contributed by atoms with E-state index in [2.05, 4.69) is 29.2 Å². The summed E-state index contributed by atoms with van der Waals surface area (Å²) < 4.78 is 1.96. The minimum atomic E-state index is 0.882. The van der Waals surface area contributed by atoms with Crippen LogP contribution in [-0.2, 0) is 13.1 Å². The fraction of sp³-hybridized carbons (Fsp3) is 0.400. The molecule has 0 amide bonds. The number of thiazole rings is 1. The predicted molar refractivity (Wildman–Crippen MR) is 59.3 cm³/mol. The molecule has 0 unspecified atom stereocenters. The lowest BCUT2D eigenvalue weighted by molar-refractivity contribution is 0.709. The first-order valence-electron chi connectivity index (χ1n) is 4.96. The molecular weight excluding hydrogens is 208 g/mol. The molecule has 78 valence electrons. The van der Waals surface area contributed by atoms with Crippen LogP contribution >= 0.6 is 11.3 Å². The van der Waals surface area contributed by atoms with Crippen molar-refractivity contribution in [3.05, 3.63) is 28.0 Å². The summed E-state index contributed by atoms with van der Waals surface area (Å²) in [6.07, 6.45) is 1.89. The van der Waals surface area contributed by atoms with Gasteiger partial charge in [0.2, 0.25) is 5.13 Å². The Kier molecular flexibility index (Phi) is 1.90. The van der Waals surface area contributed by atoms with Gasteiger partial charge in [0, 0.05) is 35.4 Å². The Labute approximate surface area is 92.0 Å². The van der Waals surface area contributed by atoms with E-state index in [9.17, 15) is 0 Å². The minimum Gasteiger partial charge on any atom is -0.307 e. The number of aryl methyl sites for hydroxylation is 1. The van der Waals surface area contributed by atoms with Gasteiger partial charge in [-0.3, -0.25) is 0 Å². The lowest BCUT2D eigenvalue weighted by Gasteiger charge is -2.00. The standard InChI is InChI=1S/C10H12N4S/c1-6-3-12-10(15-6)14-7(2)8-4-11-5-9(8)13-14/h3,11H,4-5H2,1-2H3. The Morgan fingerprint density at radius 2 is 2.27 bits per heavy atom. The Balaban J connectivity index is 2.13. The summed E-state index contributed by atoms with van der Waals surface area (Å²) >= 11 is 1.68. The average Bonchev–Trinajstić information content (AvgIpc) is 2.84. The molecule has 0 radical (unpaired) electrons. The van der Waals surface area contributed by atoms with Crippen LogP contribution in [0.2, 0.25) is 0 Å². The third-order valence-electron chi connectivity index (χ3n) is 2.71. The van der Waals surface area contributed by atoms with Crippen molar-refractivity contribution in [1.29, 1.82) is 0 Å². The quantitative estimate of drug-likeness (QED) is 0.793. The van der Waals surface area contributed by atoms with Gasteiger partial charge in [-0.25, -0.2) is 9.67 Å². The minimum absolute atomic E-state index is 0.882. The van der Waals surface area contributed by atoms with Gasteiger partial charge in [-0.05, 0) is 13.8 Å². The molecule has 3 heterocycles. The maximum atomic E-state index is 4.58. The fourth-order valence-corrected chi connectivity index (χ4v) is 2.66. The number of nitrogens with zero attached hydrogens (tertiary/aromatic N) is 3. The first kappa shape index (κ1) is 9.06. The molecular formula is C10H12N4S. The topological polar surface area (TPSA) is 42.7 Å². The van der Waals surface area contributed by atoms with Gasteiger partial charge < -0.3 is 5.32 Å². The van der Waals surface area contributed by atoms with Gasteiger partial charge in [0.05, 0.1) is 5.69 Å². The highest BCUT2D eigenvalue weighted by Gasteiger charge is 2.20. The van der Waals surface area contributed by atoms with Crippen molar-refractivity contribution in [2.24, 2.45) is 0 Å². The van der Waals surface area contributed by atoms with E-state index < -0.39 is 0 Å². The van der Waals surface area contributed by atoms with Crippen molar-refractivity contribution in [3.63, 3.8) is 0 Å². The maximum absolute atomic E-state index is 4.58. The molecule has 15 heavy (non-hydrogen) atoms. The van der Waals surface area contributed by atoms with Gasteiger partial charge in [-0.15, -0.1) is 11.3 Å². The van der Waals surface area contributed by atoms with E-state index in [-0.39, 0.29) is 0 Å². The number of aromatic nitrogens is 3. The molecule has 1 aliphatic heterocycles. The highest BCUT2D eigenvalue weighted by atomic mass is 32.1. The van der Waals surface area contributed by atoms with Crippen LogP contribution < -0.4 is 5.32 Å². The zero-order valence-electron chi connectivity index (χ0n) is 8.74. The van der Waals surface area contributed by atoms with Crippen LogP contribution in [0.15, 0.2) is 6.20 Å². The number of fused-ring (bicyclic) bond motifs is 1. The smallest absolute Gasteiger partial charge is 0.210 e. The van der Waals surface area contributed by atoms with Crippen LogP contribution in [0.1, 0.15) is 21.8 Å². The van der Waals surface area contributed by atoms with Crippen molar-refractivity contribution >= 4 is 11.3 Å². The fourth-order valence-electron chi connectivity index (χ4n) is 1.90. The highest BCUT2D eigenvalue weighted by molar-refractivity contribution is 7.13. The number of hydrogen-bond donors (Lipinski definition) is 1. The van der Waals surface area contributed by atoms with Gasteiger partial charge in [-0.1, -0.05) is 0 Å². The van der Waals surface area contributed by atoms with Gasteiger partial charge in [0.1, 0.15) is 0 Å². The second kappa shape index (κ2) is 3.15. The SMILES string of the molecule is Cc1cnc(-n2nc3c(c2C)CNC3)s1. The number of nitrogens with one attached hydrogen (secondary N) is 1. The van der Waals surface area contributed by atoms with Crippen LogP contribution in [0.5, 0.6) is 0 Å². The molecule has 3 rings (SSSR count). The molecule has 0 bridgehead atoms. The zero-order valence-corrected chi connectivity index (χ0v) is 9.56. The summed E-state index contributed by atoms with van der Waals surface area (Å²) in [7, 11) is 0. The largest absolute Gasteiger partial charge is 0.307 e. The maximum Gasteiger partial charge on any atom is 0.210 e. The first-order chi connectivity index (χ1) is 7.25. The summed E-state index contributed by atoms with van der Waals surface area (Å²) in [4.78, 5) is 5.58. The van der Waals surface area contributed by atoms with Gasteiger partial charge >= 0.3 is 0 Å². The molecule has 0 saturated heterocycles. The lowest BCUT2D eigenvalue weighted by atomic mass is 10.2.